The molecule has 0 saturated carbocycles. The molecule has 11 heteroatoms. The average Bonchev–Trinajstić information content (AvgIpc) is 3.42. The number of allylic oxidation sites excluding steroid dienone is 4. The second-order valence-electron chi connectivity index (χ2n) is 11.0. The summed E-state index contributed by atoms with van der Waals surface area (Å²) in [6.45, 7) is 4.09. The van der Waals surface area contributed by atoms with E-state index in [1.165, 1.54) is 23.7 Å². The number of imidazole rings is 1. The highest BCUT2D eigenvalue weighted by atomic mass is 16.6. The first-order valence-corrected chi connectivity index (χ1v) is 16.4. The minimum Gasteiger partial charge on any atom is -0.463 e. The van der Waals surface area contributed by atoms with Crippen LogP contribution >= 0.6 is 0 Å². The van der Waals surface area contributed by atoms with E-state index in [4.69, 9.17) is 19.9 Å². The van der Waals surface area contributed by atoms with Crippen molar-refractivity contribution in [3.63, 3.8) is 0 Å². The molecule has 2 heterocycles. The highest BCUT2D eigenvalue weighted by Gasteiger charge is 2.17. The van der Waals surface area contributed by atoms with Crippen LogP contribution in [0.5, 0.6) is 0 Å². The molecule has 0 aromatic carbocycles. The molecule has 0 aliphatic heterocycles. The van der Waals surface area contributed by atoms with Crippen LogP contribution in [0.2, 0.25) is 0 Å². The lowest BCUT2D eigenvalue weighted by Gasteiger charge is -2.18. The van der Waals surface area contributed by atoms with Crippen molar-refractivity contribution in [3.8, 4) is 0 Å². The first-order chi connectivity index (χ1) is 21.4. The van der Waals surface area contributed by atoms with Gasteiger partial charge in [0, 0.05) is 12.8 Å². The average molecular weight is 616 g/mol. The number of H-pyrrole nitrogens is 1. The first kappa shape index (κ1) is 36.7. The number of esters is 2. The van der Waals surface area contributed by atoms with Gasteiger partial charge in [-0.1, -0.05) is 76.7 Å². The molecule has 3 N–H and O–H groups in total. The summed E-state index contributed by atoms with van der Waals surface area (Å²) in [6.07, 6.45) is 24.8. The molecule has 44 heavy (non-hydrogen) atoms. The van der Waals surface area contributed by atoms with Crippen molar-refractivity contribution in [3.05, 3.63) is 41.0 Å². The number of aromatic amines is 1. The van der Waals surface area contributed by atoms with E-state index in [9.17, 15) is 14.4 Å². The molecule has 246 valence electrons. The van der Waals surface area contributed by atoms with Crippen LogP contribution < -0.4 is 11.3 Å². The second kappa shape index (κ2) is 23.0. The Morgan fingerprint density at radius 1 is 0.841 bits per heavy atom. The standard InChI is InChI=1S/C33H53N5O6/c1-3-5-7-9-11-13-15-17-19-21-28(39)42-23-27(24-43-29(40)22-20-18-16-14-12-10-8-6-4-2)44-26-38-25-35-30-31(38)36-33(34)37-32(30)41/h5-8,25,27H,3-4,9-24,26H2,1-2H3,(H3,34,36,37,41). The molecule has 0 bridgehead atoms. The normalized spacial score (nSPS) is 12.4. The maximum atomic E-state index is 12.4. The smallest absolute Gasteiger partial charge is 0.305 e. The van der Waals surface area contributed by atoms with Crippen LogP contribution in [0, 0.1) is 0 Å². The lowest BCUT2D eigenvalue weighted by molar-refractivity contribution is -0.157. The van der Waals surface area contributed by atoms with E-state index in [1.807, 2.05) is 0 Å². The fraction of sp³-hybridized carbons (Fsp3) is 0.667. The molecular weight excluding hydrogens is 562 g/mol. The number of carbonyl (C=O) groups excluding carboxylic acids is 2. The number of rotatable bonds is 25. The number of hydrogen-bond acceptors (Lipinski definition) is 9. The molecule has 0 spiro atoms. The summed E-state index contributed by atoms with van der Waals surface area (Å²) in [5.74, 6) is -0.657. The molecule has 2 rings (SSSR count). The van der Waals surface area contributed by atoms with E-state index >= 15 is 0 Å². The Morgan fingerprint density at radius 2 is 1.36 bits per heavy atom. The molecule has 2 aromatic rings. The van der Waals surface area contributed by atoms with Crippen LogP contribution in [0.4, 0.5) is 5.95 Å². The summed E-state index contributed by atoms with van der Waals surface area (Å²) in [7, 11) is 0. The Kier molecular flexibility index (Phi) is 19.2. The lowest BCUT2D eigenvalue weighted by Crippen LogP contribution is -2.29. The number of carbonyl (C=O) groups is 2. The van der Waals surface area contributed by atoms with E-state index in [-0.39, 0.29) is 49.0 Å². The number of aromatic nitrogens is 4. The third-order valence-corrected chi connectivity index (χ3v) is 7.11. The molecule has 0 radical (unpaired) electrons. The van der Waals surface area contributed by atoms with Crippen LogP contribution in [0.15, 0.2) is 35.4 Å². The van der Waals surface area contributed by atoms with E-state index in [0.29, 0.717) is 12.8 Å². The quantitative estimate of drug-likeness (QED) is 0.0722. The predicted molar refractivity (Wildman–Crippen MR) is 173 cm³/mol. The van der Waals surface area contributed by atoms with Crippen molar-refractivity contribution >= 4 is 29.1 Å². The van der Waals surface area contributed by atoms with Crippen molar-refractivity contribution < 1.29 is 23.8 Å². The molecule has 0 aliphatic carbocycles. The van der Waals surface area contributed by atoms with E-state index in [2.05, 4.69) is 53.1 Å². The highest BCUT2D eigenvalue weighted by Crippen LogP contribution is 2.12. The third kappa shape index (κ3) is 15.8. The van der Waals surface area contributed by atoms with Crippen LogP contribution in [0.3, 0.4) is 0 Å². The van der Waals surface area contributed by atoms with Crippen molar-refractivity contribution in [2.75, 3.05) is 18.9 Å². The van der Waals surface area contributed by atoms with Crippen molar-refractivity contribution in [2.45, 2.75) is 129 Å². The van der Waals surface area contributed by atoms with Crippen LogP contribution in [-0.2, 0) is 30.5 Å². The fourth-order valence-electron chi connectivity index (χ4n) is 4.60. The molecule has 0 fully saturated rings. The Labute approximate surface area is 261 Å². The summed E-state index contributed by atoms with van der Waals surface area (Å²) in [6, 6.07) is 0. The number of hydrogen-bond donors (Lipinski definition) is 2. The Bertz CT molecular complexity index is 1160. The van der Waals surface area contributed by atoms with Crippen LogP contribution in [-0.4, -0.2) is 50.8 Å². The molecule has 0 amide bonds. The fourth-order valence-corrected chi connectivity index (χ4v) is 4.60. The molecule has 11 nitrogen and oxygen atoms in total. The van der Waals surface area contributed by atoms with Gasteiger partial charge in [0.05, 0.1) is 6.33 Å². The number of nitrogens with one attached hydrogen (secondary N) is 1. The van der Waals surface area contributed by atoms with Gasteiger partial charge in [-0.25, -0.2) is 4.98 Å². The van der Waals surface area contributed by atoms with E-state index in [0.717, 1.165) is 77.0 Å². The van der Waals surface area contributed by atoms with Gasteiger partial charge in [0.1, 0.15) is 26.0 Å². The molecular formula is C33H53N5O6. The van der Waals surface area contributed by atoms with Crippen molar-refractivity contribution in [1.82, 2.24) is 19.5 Å². The minimum atomic E-state index is -0.702. The zero-order chi connectivity index (χ0) is 31.8. The number of nitrogens with zero attached hydrogens (tertiary/aromatic N) is 3. The summed E-state index contributed by atoms with van der Waals surface area (Å²) < 4.78 is 18.4. The van der Waals surface area contributed by atoms with Gasteiger partial charge in [-0.2, -0.15) is 4.98 Å². The Balaban J connectivity index is 1.78. The Morgan fingerprint density at radius 3 is 1.91 bits per heavy atom. The largest absolute Gasteiger partial charge is 0.463 e. The van der Waals surface area contributed by atoms with E-state index < -0.39 is 11.7 Å². The van der Waals surface area contributed by atoms with Gasteiger partial charge in [-0.15, -0.1) is 0 Å². The first-order valence-electron chi connectivity index (χ1n) is 16.4. The summed E-state index contributed by atoms with van der Waals surface area (Å²) in [4.78, 5) is 47.5. The van der Waals surface area contributed by atoms with Crippen molar-refractivity contribution in [2.24, 2.45) is 0 Å². The Hall–Kier alpha value is -3.47. The van der Waals surface area contributed by atoms with Gasteiger partial charge in [-0.05, 0) is 51.4 Å². The monoisotopic (exact) mass is 615 g/mol. The zero-order valence-electron chi connectivity index (χ0n) is 26.8. The molecule has 2 aromatic heterocycles. The minimum absolute atomic E-state index is 0.0367. The second-order valence-corrected chi connectivity index (χ2v) is 11.0. The lowest BCUT2D eigenvalue weighted by atomic mass is 10.1. The van der Waals surface area contributed by atoms with Crippen LogP contribution in [0.25, 0.3) is 11.2 Å². The van der Waals surface area contributed by atoms with Crippen LogP contribution in [0.1, 0.15) is 117 Å². The summed E-state index contributed by atoms with van der Waals surface area (Å²) in [5.41, 5.74) is 5.63. The summed E-state index contributed by atoms with van der Waals surface area (Å²) in [5, 5.41) is 0. The number of unbranched alkanes of at least 4 members (excludes halogenated alkanes) is 10. The van der Waals surface area contributed by atoms with Gasteiger partial charge in [-0.3, -0.25) is 23.9 Å². The maximum Gasteiger partial charge on any atom is 0.305 e. The SMILES string of the molecule is CCC=CCCCCCCCC(=O)OCC(COC(=O)CCCCCCCC=CCC)OCn1cnc2c(=O)[nH]c(N)nc21. The molecule has 0 unspecified atom stereocenters. The summed E-state index contributed by atoms with van der Waals surface area (Å²) >= 11 is 0. The van der Waals surface area contributed by atoms with Gasteiger partial charge in [0.15, 0.2) is 11.2 Å². The van der Waals surface area contributed by atoms with E-state index in [1.54, 1.807) is 0 Å². The molecule has 0 atom stereocenters. The molecule has 0 saturated heterocycles. The molecule has 0 aliphatic rings. The number of ether oxygens (including phenoxy) is 3. The highest BCUT2D eigenvalue weighted by molar-refractivity contribution is 5.70. The maximum absolute atomic E-state index is 12.4. The number of nitrogens with two attached hydrogens (primary N) is 1. The van der Waals surface area contributed by atoms with Crippen molar-refractivity contribution in [1.29, 1.82) is 0 Å². The number of nitrogen functional groups attached to an aromatic ring is 1. The number of fused-ring (bicyclic) bond motifs is 1. The van der Waals surface area contributed by atoms with Gasteiger partial charge >= 0.3 is 11.9 Å². The predicted octanol–water partition coefficient (Wildman–Crippen LogP) is 6.52. The van der Waals surface area contributed by atoms with Gasteiger partial charge in [0.25, 0.3) is 5.56 Å². The van der Waals surface area contributed by atoms with Gasteiger partial charge < -0.3 is 19.9 Å². The zero-order valence-corrected chi connectivity index (χ0v) is 26.8. The topological polar surface area (TPSA) is 151 Å². The van der Waals surface area contributed by atoms with Gasteiger partial charge in [0.2, 0.25) is 5.95 Å². The third-order valence-electron chi connectivity index (χ3n) is 7.11. The number of anilines is 1.